The fourth-order valence-electron chi connectivity index (χ4n) is 2.75. The van der Waals surface area contributed by atoms with Crippen LogP contribution in [0, 0.1) is 11.3 Å². The zero-order valence-corrected chi connectivity index (χ0v) is 10.0. The maximum atomic E-state index is 9.74. The van der Waals surface area contributed by atoms with Crippen LogP contribution in [0.15, 0.2) is 18.2 Å². The molecule has 0 spiro atoms. The topological polar surface area (TPSA) is 55.5 Å². The number of ether oxygens (including phenoxy) is 1. The van der Waals surface area contributed by atoms with Gasteiger partial charge in [-0.15, -0.1) is 0 Å². The Kier molecular flexibility index (Phi) is 2.58. The lowest BCUT2D eigenvalue weighted by Gasteiger charge is -2.07. The number of phenols is 1. The summed E-state index contributed by atoms with van der Waals surface area (Å²) in [5.41, 5.74) is 7.14. The first-order chi connectivity index (χ1) is 7.52. The number of hydrogen-bond acceptors (Lipinski definition) is 3. The van der Waals surface area contributed by atoms with Gasteiger partial charge in [0.05, 0.1) is 7.11 Å². The van der Waals surface area contributed by atoms with Gasteiger partial charge in [-0.2, -0.15) is 0 Å². The van der Waals surface area contributed by atoms with E-state index in [1.54, 1.807) is 13.2 Å². The van der Waals surface area contributed by atoms with E-state index in [-0.39, 0.29) is 11.2 Å². The maximum absolute atomic E-state index is 9.74. The van der Waals surface area contributed by atoms with Crippen LogP contribution in [-0.4, -0.2) is 18.8 Å². The Morgan fingerprint density at radius 1 is 1.44 bits per heavy atom. The molecule has 3 nitrogen and oxygen atoms in total. The number of phenolic OH excluding ortho intramolecular Hbond substituents is 1. The molecule has 1 saturated carbocycles. The predicted octanol–water partition coefficient (Wildman–Crippen LogP) is 2.10. The summed E-state index contributed by atoms with van der Waals surface area (Å²) in [4.78, 5) is 0. The summed E-state index contributed by atoms with van der Waals surface area (Å²) in [6, 6.07) is 5.62. The van der Waals surface area contributed by atoms with Crippen molar-refractivity contribution in [1.29, 1.82) is 0 Å². The van der Waals surface area contributed by atoms with Crippen molar-refractivity contribution in [1.82, 2.24) is 0 Å². The maximum Gasteiger partial charge on any atom is 0.160 e. The fourth-order valence-corrected chi connectivity index (χ4v) is 2.75. The van der Waals surface area contributed by atoms with Crippen LogP contribution in [-0.2, 0) is 0 Å². The van der Waals surface area contributed by atoms with E-state index in [1.807, 2.05) is 12.1 Å². The molecule has 0 bridgehead atoms. The molecular formula is C13H19NO2. The average Bonchev–Trinajstić information content (AvgIpc) is 2.80. The van der Waals surface area contributed by atoms with E-state index >= 15 is 0 Å². The first-order valence-electron chi connectivity index (χ1n) is 5.59. The molecule has 1 aliphatic rings. The van der Waals surface area contributed by atoms with Gasteiger partial charge in [-0.1, -0.05) is 19.9 Å². The molecule has 0 aromatic heterocycles. The van der Waals surface area contributed by atoms with E-state index in [2.05, 4.69) is 13.8 Å². The largest absolute Gasteiger partial charge is 0.504 e. The van der Waals surface area contributed by atoms with E-state index in [0.717, 1.165) is 5.56 Å². The van der Waals surface area contributed by atoms with Crippen LogP contribution in [0.5, 0.6) is 11.5 Å². The van der Waals surface area contributed by atoms with Gasteiger partial charge in [-0.3, -0.25) is 0 Å². The van der Waals surface area contributed by atoms with Gasteiger partial charge in [0.15, 0.2) is 11.5 Å². The van der Waals surface area contributed by atoms with Gasteiger partial charge in [0.25, 0.3) is 0 Å². The molecule has 2 atom stereocenters. The van der Waals surface area contributed by atoms with Gasteiger partial charge in [0, 0.05) is 0 Å². The Labute approximate surface area is 96.2 Å². The molecule has 16 heavy (non-hydrogen) atoms. The number of methoxy groups -OCH3 is 1. The molecular weight excluding hydrogens is 202 g/mol. The van der Waals surface area contributed by atoms with Gasteiger partial charge in [0.2, 0.25) is 0 Å². The van der Waals surface area contributed by atoms with Gasteiger partial charge in [-0.05, 0) is 41.5 Å². The number of benzene rings is 1. The highest BCUT2D eigenvalue weighted by Gasteiger charge is 2.57. The second-order valence-corrected chi connectivity index (χ2v) is 5.07. The number of rotatable bonds is 3. The molecule has 0 saturated heterocycles. The second-order valence-electron chi connectivity index (χ2n) is 5.07. The van der Waals surface area contributed by atoms with Gasteiger partial charge in [0.1, 0.15) is 0 Å². The van der Waals surface area contributed by atoms with E-state index in [1.165, 1.54) is 0 Å². The van der Waals surface area contributed by atoms with Gasteiger partial charge >= 0.3 is 0 Å². The first kappa shape index (κ1) is 11.3. The smallest absolute Gasteiger partial charge is 0.160 e. The van der Waals surface area contributed by atoms with E-state index in [9.17, 15) is 5.11 Å². The number of hydrogen-bond donors (Lipinski definition) is 2. The van der Waals surface area contributed by atoms with Crippen molar-refractivity contribution in [3.8, 4) is 11.5 Å². The third-order valence-corrected chi connectivity index (χ3v) is 3.87. The Morgan fingerprint density at radius 3 is 2.56 bits per heavy atom. The molecule has 0 amide bonds. The van der Waals surface area contributed by atoms with Crippen LogP contribution < -0.4 is 10.5 Å². The molecule has 0 radical (unpaired) electrons. The monoisotopic (exact) mass is 221 g/mol. The Balaban J connectivity index is 2.27. The SMILES string of the molecule is COc1ccc(C2C(CN)C2(C)C)cc1O. The molecule has 3 heteroatoms. The minimum absolute atomic E-state index is 0.207. The standard InChI is InChI=1S/C13H19NO2/c1-13(2)9(7-14)12(13)8-4-5-11(16-3)10(15)6-8/h4-6,9,12,15H,7,14H2,1-3H3. The lowest BCUT2D eigenvalue weighted by atomic mass is 10.0. The number of aromatic hydroxyl groups is 1. The van der Waals surface area contributed by atoms with Crippen LogP contribution in [0.2, 0.25) is 0 Å². The van der Waals surface area contributed by atoms with Gasteiger partial charge in [-0.25, -0.2) is 0 Å². The molecule has 2 rings (SSSR count). The Bertz CT molecular complexity index is 401. The Hall–Kier alpha value is -1.22. The molecule has 88 valence electrons. The summed E-state index contributed by atoms with van der Waals surface area (Å²) in [6.45, 7) is 5.14. The van der Waals surface area contributed by atoms with E-state index in [0.29, 0.717) is 24.1 Å². The van der Waals surface area contributed by atoms with Crippen molar-refractivity contribution in [2.24, 2.45) is 17.1 Å². The normalized spacial score (nSPS) is 26.5. The van der Waals surface area contributed by atoms with Crippen LogP contribution in [0.3, 0.4) is 0 Å². The van der Waals surface area contributed by atoms with Crippen molar-refractivity contribution in [2.75, 3.05) is 13.7 Å². The minimum atomic E-state index is 0.207. The zero-order valence-electron chi connectivity index (χ0n) is 10.0. The molecule has 3 N–H and O–H groups in total. The molecule has 0 heterocycles. The molecule has 2 unspecified atom stereocenters. The summed E-state index contributed by atoms with van der Waals surface area (Å²) in [5.74, 6) is 1.69. The quantitative estimate of drug-likeness (QED) is 0.821. The summed E-state index contributed by atoms with van der Waals surface area (Å²) >= 11 is 0. The van der Waals surface area contributed by atoms with E-state index < -0.39 is 0 Å². The molecule has 1 aromatic carbocycles. The highest BCUT2D eigenvalue weighted by molar-refractivity contribution is 5.45. The van der Waals surface area contributed by atoms with Crippen LogP contribution in [0.4, 0.5) is 0 Å². The van der Waals surface area contributed by atoms with Crippen LogP contribution in [0.25, 0.3) is 0 Å². The zero-order chi connectivity index (χ0) is 11.9. The lowest BCUT2D eigenvalue weighted by Crippen LogP contribution is -2.05. The average molecular weight is 221 g/mol. The number of nitrogens with two attached hydrogens (primary N) is 1. The predicted molar refractivity (Wildman–Crippen MR) is 63.7 cm³/mol. The molecule has 1 aromatic rings. The van der Waals surface area contributed by atoms with Crippen molar-refractivity contribution in [3.05, 3.63) is 23.8 Å². The highest BCUT2D eigenvalue weighted by atomic mass is 16.5. The summed E-state index contributed by atoms with van der Waals surface area (Å²) in [5, 5.41) is 9.74. The molecule has 1 aliphatic carbocycles. The van der Waals surface area contributed by atoms with Crippen molar-refractivity contribution in [3.63, 3.8) is 0 Å². The second kappa shape index (κ2) is 3.67. The summed E-state index contributed by atoms with van der Waals surface area (Å²) < 4.78 is 5.03. The van der Waals surface area contributed by atoms with Crippen molar-refractivity contribution in [2.45, 2.75) is 19.8 Å². The third kappa shape index (κ3) is 1.55. The summed E-state index contributed by atoms with van der Waals surface area (Å²) in [7, 11) is 1.55. The minimum Gasteiger partial charge on any atom is -0.504 e. The molecule has 1 fully saturated rings. The highest BCUT2D eigenvalue weighted by Crippen LogP contribution is 2.64. The van der Waals surface area contributed by atoms with Crippen LogP contribution >= 0.6 is 0 Å². The lowest BCUT2D eigenvalue weighted by molar-refractivity contribution is 0.373. The van der Waals surface area contributed by atoms with Crippen molar-refractivity contribution < 1.29 is 9.84 Å². The fraction of sp³-hybridized carbons (Fsp3) is 0.538. The molecule has 0 aliphatic heterocycles. The first-order valence-corrected chi connectivity index (χ1v) is 5.59. The van der Waals surface area contributed by atoms with Crippen molar-refractivity contribution >= 4 is 0 Å². The van der Waals surface area contributed by atoms with E-state index in [4.69, 9.17) is 10.5 Å². The van der Waals surface area contributed by atoms with Gasteiger partial charge < -0.3 is 15.6 Å². The van der Waals surface area contributed by atoms with Crippen LogP contribution in [0.1, 0.15) is 25.3 Å². The Morgan fingerprint density at radius 2 is 2.12 bits per heavy atom. The third-order valence-electron chi connectivity index (χ3n) is 3.87. The summed E-state index contributed by atoms with van der Waals surface area (Å²) in [6.07, 6.45) is 0.